The molecule has 0 radical (unpaired) electrons. The van der Waals surface area contributed by atoms with E-state index >= 15 is 0 Å². The first-order chi connectivity index (χ1) is 15.6. The minimum Gasteiger partial charge on any atom is -0.478 e. The molecule has 1 N–H and O–H groups in total. The van der Waals surface area contributed by atoms with Crippen LogP contribution >= 0.6 is 0 Å². The first kappa shape index (κ1) is 22.9. The SMILES string of the molecule is CS(=O)(=O)N(c1cc(F)cc(F)c1)C1CN([C@@H](c2ccccc2)c2ccc(C(=O)O)cc2)C1. The van der Waals surface area contributed by atoms with Gasteiger partial charge in [-0.25, -0.2) is 22.0 Å². The normalized spacial score (nSPS) is 15.6. The van der Waals surface area contributed by atoms with Gasteiger partial charge in [-0.15, -0.1) is 0 Å². The molecule has 1 aliphatic heterocycles. The first-order valence-electron chi connectivity index (χ1n) is 10.2. The number of rotatable bonds is 7. The summed E-state index contributed by atoms with van der Waals surface area (Å²) in [6.07, 6.45) is 1.01. The Morgan fingerprint density at radius 1 is 0.970 bits per heavy atom. The molecule has 172 valence electrons. The predicted molar refractivity (Wildman–Crippen MR) is 121 cm³/mol. The van der Waals surface area contributed by atoms with Crippen molar-refractivity contribution in [2.75, 3.05) is 23.7 Å². The highest BCUT2D eigenvalue weighted by molar-refractivity contribution is 7.92. The van der Waals surface area contributed by atoms with Gasteiger partial charge in [0, 0.05) is 19.2 Å². The minimum absolute atomic E-state index is 0.0540. The van der Waals surface area contributed by atoms with Gasteiger partial charge in [-0.1, -0.05) is 42.5 Å². The average molecular weight is 473 g/mol. The number of sulfonamides is 1. The van der Waals surface area contributed by atoms with Gasteiger partial charge in [0.25, 0.3) is 0 Å². The van der Waals surface area contributed by atoms with Crippen molar-refractivity contribution < 1.29 is 27.1 Å². The summed E-state index contributed by atoms with van der Waals surface area (Å²) < 4.78 is 53.7. The van der Waals surface area contributed by atoms with Crippen molar-refractivity contribution in [2.24, 2.45) is 0 Å². The van der Waals surface area contributed by atoms with E-state index in [4.69, 9.17) is 0 Å². The highest BCUT2D eigenvalue weighted by atomic mass is 32.2. The van der Waals surface area contributed by atoms with E-state index in [1.165, 1.54) is 12.1 Å². The fourth-order valence-corrected chi connectivity index (χ4v) is 5.41. The topological polar surface area (TPSA) is 77.9 Å². The van der Waals surface area contributed by atoms with Crippen molar-refractivity contribution in [3.63, 3.8) is 0 Å². The summed E-state index contributed by atoms with van der Waals surface area (Å²) >= 11 is 0. The Morgan fingerprint density at radius 2 is 1.52 bits per heavy atom. The second kappa shape index (κ2) is 8.92. The second-order valence-corrected chi connectivity index (χ2v) is 9.89. The van der Waals surface area contributed by atoms with Gasteiger partial charge in [-0.2, -0.15) is 0 Å². The van der Waals surface area contributed by atoms with Crippen molar-refractivity contribution in [2.45, 2.75) is 12.1 Å². The fourth-order valence-electron chi connectivity index (χ4n) is 4.24. The van der Waals surface area contributed by atoms with E-state index < -0.39 is 33.7 Å². The van der Waals surface area contributed by atoms with E-state index in [0.717, 1.165) is 33.8 Å². The van der Waals surface area contributed by atoms with Gasteiger partial charge in [0.2, 0.25) is 10.0 Å². The van der Waals surface area contributed by atoms with Crippen LogP contribution in [0, 0.1) is 11.6 Å². The third kappa shape index (κ3) is 4.89. The van der Waals surface area contributed by atoms with Crippen LogP contribution in [0.15, 0.2) is 72.8 Å². The number of carbonyl (C=O) groups is 1. The molecule has 1 heterocycles. The summed E-state index contributed by atoms with van der Waals surface area (Å²) in [6, 6.07) is 18.1. The minimum atomic E-state index is -3.80. The van der Waals surface area contributed by atoms with E-state index in [0.29, 0.717) is 19.2 Å². The van der Waals surface area contributed by atoms with Gasteiger partial charge in [0.1, 0.15) is 11.6 Å². The van der Waals surface area contributed by atoms with Crippen molar-refractivity contribution >= 4 is 21.7 Å². The van der Waals surface area contributed by atoms with Gasteiger partial charge in [-0.3, -0.25) is 9.21 Å². The lowest BCUT2D eigenvalue weighted by atomic mass is 9.92. The molecule has 0 amide bonds. The molecule has 1 aliphatic rings. The molecule has 0 aromatic heterocycles. The summed E-state index contributed by atoms with van der Waals surface area (Å²) in [5.74, 6) is -2.72. The van der Waals surface area contributed by atoms with Gasteiger partial charge >= 0.3 is 5.97 Å². The number of anilines is 1. The summed E-state index contributed by atoms with van der Waals surface area (Å²) in [4.78, 5) is 13.3. The Morgan fingerprint density at radius 3 is 2.03 bits per heavy atom. The van der Waals surface area contributed by atoms with Crippen LogP contribution in [0.4, 0.5) is 14.5 Å². The van der Waals surface area contributed by atoms with Crippen LogP contribution in [0.5, 0.6) is 0 Å². The molecule has 9 heteroatoms. The largest absolute Gasteiger partial charge is 0.478 e. The maximum atomic E-state index is 13.8. The third-order valence-electron chi connectivity index (χ3n) is 5.64. The quantitative estimate of drug-likeness (QED) is 0.564. The summed E-state index contributed by atoms with van der Waals surface area (Å²) in [7, 11) is -3.80. The maximum absolute atomic E-state index is 13.8. The summed E-state index contributed by atoms with van der Waals surface area (Å²) in [6.45, 7) is 0.650. The lowest BCUT2D eigenvalue weighted by Gasteiger charge is -2.48. The molecule has 0 saturated carbocycles. The van der Waals surface area contributed by atoms with Crippen LogP contribution in [0.1, 0.15) is 27.5 Å². The molecule has 0 unspecified atom stereocenters. The molecule has 0 bridgehead atoms. The molecule has 0 spiro atoms. The van der Waals surface area contributed by atoms with E-state index in [1.54, 1.807) is 12.1 Å². The lowest BCUT2D eigenvalue weighted by molar-refractivity contribution is 0.0696. The van der Waals surface area contributed by atoms with Gasteiger partial charge in [0.05, 0.1) is 29.6 Å². The predicted octanol–water partition coefficient (Wildman–Crippen LogP) is 3.90. The molecule has 6 nitrogen and oxygen atoms in total. The third-order valence-corrected chi connectivity index (χ3v) is 6.86. The van der Waals surface area contributed by atoms with Crippen LogP contribution in [0.2, 0.25) is 0 Å². The van der Waals surface area contributed by atoms with Crippen LogP contribution in [-0.2, 0) is 10.0 Å². The van der Waals surface area contributed by atoms with E-state index in [-0.39, 0.29) is 17.3 Å². The number of likely N-dealkylation sites (tertiary alicyclic amines) is 1. The van der Waals surface area contributed by atoms with Crippen LogP contribution in [0.25, 0.3) is 0 Å². The van der Waals surface area contributed by atoms with Crippen molar-refractivity contribution in [3.8, 4) is 0 Å². The molecule has 1 saturated heterocycles. The molecule has 1 fully saturated rings. The molecular weight excluding hydrogens is 450 g/mol. The Labute approximate surface area is 190 Å². The van der Waals surface area contributed by atoms with Crippen molar-refractivity contribution in [1.82, 2.24) is 4.90 Å². The number of nitrogens with zero attached hydrogens (tertiary/aromatic N) is 2. The Bertz CT molecular complexity index is 1240. The zero-order chi connectivity index (χ0) is 23.8. The smallest absolute Gasteiger partial charge is 0.335 e. The Kier molecular flexibility index (Phi) is 6.18. The van der Waals surface area contributed by atoms with E-state index in [2.05, 4.69) is 0 Å². The lowest BCUT2D eigenvalue weighted by Crippen LogP contribution is -2.61. The molecule has 4 rings (SSSR count). The zero-order valence-corrected chi connectivity index (χ0v) is 18.5. The van der Waals surface area contributed by atoms with Crippen molar-refractivity contribution in [3.05, 3.63) is 101 Å². The van der Waals surface area contributed by atoms with Crippen LogP contribution in [-0.4, -0.2) is 49.8 Å². The number of hydrogen-bond acceptors (Lipinski definition) is 4. The summed E-state index contributed by atoms with van der Waals surface area (Å²) in [5.41, 5.74) is 1.93. The number of aromatic carboxylic acids is 1. The average Bonchev–Trinajstić information content (AvgIpc) is 2.71. The molecule has 1 atom stereocenters. The number of hydrogen-bond donors (Lipinski definition) is 1. The number of halogens is 2. The van der Waals surface area contributed by atoms with Crippen molar-refractivity contribution in [1.29, 1.82) is 0 Å². The first-order valence-corrected chi connectivity index (χ1v) is 12.1. The van der Waals surface area contributed by atoms with E-state index in [9.17, 15) is 27.1 Å². The molecule has 0 aliphatic carbocycles. The number of carboxylic acid groups (broad SMARTS) is 1. The Hall–Kier alpha value is -3.30. The van der Waals surface area contributed by atoms with Crippen LogP contribution in [0.3, 0.4) is 0 Å². The number of carboxylic acids is 1. The molecule has 33 heavy (non-hydrogen) atoms. The summed E-state index contributed by atoms with van der Waals surface area (Å²) in [5, 5.41) is 9.19. The van der Waals surface area contributed by atoms with Gasteiger partial charge in [-0.05, 0) is 35.4 Å². The number of benzene rings is 3. The standard InChI is InChI=1S/C24H22F2N2O4S/c1-33(31,32)28(21-12-19(25)11-20(26)13-21)22-14-27(15-22)23(16-5-3-2-4-6-16)17-7-9-18(10-8-17)24(29)30/h2-13,22-23H,14-15H2,1H3,(H,29,30)/t23-/m0/s1. The van der Waals surface area contributed by atoms with Gasteiger partial charge in [0.15, 0.2) is 0 Å². The maximum Gasteiger partial charge on any atom is 0.335 e. The fraction of sp³-hybridized carbons (Fsp3) is 0.208. The van der Waals surface area contributed by atoms with E-state index in [1.807, 2.05) is 35.2 Å². The molecular formula is C24H22F2N2O4S. The zero-order valence-electron chi connectivity index (χ0n) is 17.7. The monoisotopic (exact) mass is 472 g/mol. The molecule has 3 aromatic carbocycles. The highest BCUT2D eigenvalue weighted by Crippen LogP contribution is 2.36. The Balaban J connectivity index is 1.64. The highest BCUT2D eigenvalue weighted by Gasteiger charge is 2.41. The van der Waals surface area contributed by atoms with Gasteiger partial charge < -0.3 is 5.11 Å². The molecule has 3 aromatic rings. The second-order valence-electron chi connectivity index (χ2n) is 8.03. The van der Waals surface area contributed by atoms with Crippen LogP contribution < -0.4 is 4.31 Å².